The lowest BCUT2D eigenvalue weighted by Crippen LogP contribution is -2.00. The van der Waals surface area contributed by atoms with Crippen molar-refractivity contribution in [3.63, 3.8) is 0 Å². The van der Waals surface area contributed by atoms with Gasteiger partial charge in [0, 0.05) is 28.9 Å². The SMILES string of the molecule is Cc1csc([C@@H](C#N)C=N[C@@H](C)c2ccc(F)cc2F)n1. The van der Waals surface area contributed by atoms with Crippen LogP contribution >= 0.6 is 11.3 Å². The van der Waals surface area contributed by atoms with Gasteiger partial charge in [0.2, 0.25) is 0 Å². The fourth-order valence-electron chi connectivity index (χ4n) is 1.80. The number of rotatable bonds is 4. The maximum Gasteiger partial charge on any atom is 0.133 e. The number of thiazole rings is 1. The zero-order valence-electron chi connectivity index (χ0n) is 11.5. The van der Waals surface area contributed by atoms with E-state index >= 15 is 0 Å². The van der Waals surface area contributed by atoms with Crippen molar-refractivity contribution in [3.8, 4) is 6.07 Å². The van der Waals surface area contributed by atoms with Crippen LogP contribution < -0.4 is 0 Å². The Morgan fingerprint density at radius 3 is 2.76 bits per heavy atom. The Hall–Kier alpha value is -2.13. The first-order valence-corrected chi connectivity index (χ1v) is 7.19. The van der Waals surface area contributed by atoms with Gasteiger partial charge < -0.3 is 0 Å². The molecule has 21 heavy (non-hydrogen) atoms. The monoisotopic (exact) mass is 305 g/mol. The molecule has 2 rings (SSSR count). The fraction of sp³-hybridized carbons (Fsp3) is 0.267. The Kier molecular flexibility index (Phi) is 4.76. The van der Waals surface area contributed by atoms with Crippen molar-refractivity contribution in [2.45, 2.75) is 25.8 Å². The lowest BCUT2D eigenvalue weighted by atomic mass is 10.1. The minimum atomic E-state index is -0.641. The van der Waals surface area contributed by atoms with E-state index in [9.17, 15) is 8.78 Å². The van der Waals surface area contributed by atoms with Gasteiger partial charge in [-0.15, -0.1) is 11.3 Å². The zero-order chi connectivity index (χ0) is 15.4. The first-order valence-electron chi connectivity index (χ1n) is 6.31. The molecule has 0 aliphatic heterocycles. The minimum absolute atomic E-state index is 0.291. The zero-order valence-corrected chi connectivity index (χ0v) is 12.4. The summed E-state index contributed by atoms with van der Waals surface area (Å²) in [5.41, 5.74) is 1.14. The Labute approximate surface area is 125 Å². The topological polar surface area (TPSA) is 49.0 Å². The Morgan fingerprint density at radius 2 is 2.19 bits per heavy atom. The van der Waals surface area contributed by atoms with Crippen LogP contribution in [0, 0.1) is 29.9 Å². The van der Waals surface area contributed by atoms with Crippen molar-refractivity contribution < 1.29 is 8.78 Å². The number of hydrogen-bond donors (Lipinski definition) is 0. The van der Waals surface area contributed by atoms with Crippen LogP contribution in [-0.2, 0) is 0 Å². The van der Waals surface area contributed by atoms with Crippen LogP contribution in [0.25, 0.3) is 0 Å². The van der Waals surface area contributed by atoms with E-state index in [2.05, 4.69) is 16.0 Å². The molecule has 0 unspecified atom stereocenters. The lowest BCUT2D eigenvalue weighted by molar-refractivity contribution is 0.562. The molecule has 0 fully saturated rings. The summed E-state index contributed by atoms with van der Waals surface area (Å²) in [7, 11) is 0. The molecule has 0 N–H and O–H groups in total. The first kappa shape index (κ1) is 15.3. The van der Waals surface area contributed by atoms with Crippen molar-refractivity contribution in [1.82, 2.24) is 4.98 Å². The van der Waals surface area contributed by atoms with Gasteiger partial charge in [0.15, 0.2) is 0 Å². The number of aliphatic imine (C=N–C) groups is 1. The Balaban J connectivity index is 2.17. The maximum atomic E-state index is 13.6. The molecule has 1 aromatic heterocycles. The van der Waals surface area contributed by atoms with Gasteiger partial charge in [-0.3, -0.25) is 4.99 Å². The third-order valence-corrected chi connectivity index (χ3v) is 3.96. The molecule has 0 aliphatic carbocycles. The van der Waals surface area contributed by atoms with Crippen LogP contribution in [0.15, 0.2) is 28.6 Å². The summed E-state index contributed by atoms with van der Waals surface area (Å²) < 4.78 is 26.5. The van der Waals surface area contributed by atoms with Gasteiger partial charge in [0.25, 0.3) is 0 Å². The van der Waals surface area contributed by atoms with Crippen LogP contribution in [0.1, 0.15) is 35.1 Å². The van der Waals surface area contributed by atoms with Gasteiger partial charge in [-0.1, -0.05) is 6.07 Å². The average molecular weight is 305 g/mol. The second kappa shape index (κ2) is 6.55. The lowest BCUT2D eigenvalue weighted by Gasteiger charge is -2.08. The van der Waals surface area contributed by atoms with Gasteiger partial charge in [0.05, 0.1) is 12.1 Å². The van der Waals surface area contributed by atoms with E-state index in [0.29, 0.717) is 10.6 Å². The standard InChI is InChI=1S/C15H13F2N3S/c1-9-8-21-15(20-9)11(6-18)7-19-10(2)13-4-3-12(16)5-14(13)17/h3-5,7-8,10-11H,1-2H3/t10-,11-/m0/s1. The number of nitriles is 1. The van der Waals surface area contributed by atoms with Crippen molar-refractivity contribution in [1.29, 1.82) is 5.26 Å². The van der Waals surface area contributed by atoms with E-state index in [-0.39, 0.29) is 0 Å². The van der Waals surface area contributed by atoms with Crippen LogP contribution in [0.5, 0.6) is 0 Å². The number of aryl methyl sites for hydroxylation is 1. The van der Waals surface area contributed by atoms with E-state index in [1.54, 1.807) is 6.92 Å². The second-order valence-corrected chi connectivity index (χ2v) is 5.46. The predicted molar refractivity (Wildman–Crippen MR) is 78.5 cm³/mol. The van der Waals surface area contributed by atoms with E-state index in [1.165, 1.54) is 29.7 Å². The predicted octanol–water partition coefficient (Wildman–Crippen LogP) is 4.17. The molecule has 1 heterocycles. The molecule has 0 aliphatic rings. The summed E-state index contributed by atoms with van der Waals surface area (Å²) in [5.74, 6) is -1.83. The van der Waals surface area contributed by atoms with Crippen LogP contribution in [0.4, 0.5) is 8.78 Å². The normalized spacial score (nSPS) is 14.0. The highest BCUT2D eigenvalue weighted by molar-refractivity contribution is 7.09. The quantitative estimate of drug-likeness (QED) is 0.796. The van der Waals surface area contributed by atoms with Gasteiger partial charge in [-0.2, -0.15) is 5.26 Å². The highest BCUT2D eigenvalue weighted by atomic mass is 32.1. The average Bonchev–Trinajstić information content (AvgIpc) is 2.86. The molecule has 1 aromatic carbocycles. The molecular weight excluding hydrogens is 292 g/mol. The van der Waals surface area contributed by atoms with E-state index in [0.717, 1.165) is 11.8 Å². The summed E-state index contributed by atoms with van der Waals surface area (Å²) in [6.07, 6.45) is 1.46. The van der Waals surface area contributed by atoms with Crippen molar-refractivity contribution in [3.05, 3.63) is 51.5 Å². The second-order valence-electron chi connectivity index (χ2n) is 4.57. The molecular formula is C15H13F2N3S. The third kappa shape index (κ3) is 3.70. The van der Waals surface area contributed by atoms with Crippen LogP contribution in [0.2, 0.25) is 0 Å². The van der Waals surface area contributed by atoms with Gasteiger partial charge >= 0.3 is 0 Å². The molecule has 0 saturated carbocycles. The van der Waals surface area contributed by atoms with Crippen LogP contribution in [-0.4, -0.2) is 11.2 Å². The maximum absolute atomic E-state index is 13.6. The molecule has 0 radical (unpaired) electrons. The molecule has 0 bridgehead atoms. The molecule has 0 spiro atoms. The molecule has 3 nitrogen and oxygen atoms in total. The molecule has 108 valence electrons. The highest BCUT2D eigenvalue weighted by Crippen LogP contribution is 2.23. The first-order chi connectivity index (χ1) is 10.0. The van der Waals surface area contributed by atoms with Crippen LogP contribution in [0.3, 0.4) is 0 Å². The molecule has 2 aromatic rings. The Bertz CT molecular complexity index is 703. The Morgan fingerprint density at radius 1 is 1.43 bits per heavy atom. The fourth-order valence-corrected chi connectivity index (χ4v) is 2.60. The number of aromatic nitrogens is 1. The number of benzene rings is 1. The molecule has 6 heteroatoms. The summed E-state index contributed by atoms with van der Waals surface area (Å²) in [6.45, 7) is 3.54. The van der Waals surface area contributed by atoms with Crippen molar-refractivity contribution >= 4 is 17.6 Å². The summed E-state index contributed by atoms with van der Waals surface area (Å²) in [5, 5.41) is 11.7. The largest absolute Gasteiger partial charge is 0.288 e. The number of hydrogen-bond acceptors (Lipinski definition) is 4. The van der Waals surface area contributed by atoms with Gasteiger partial charge in [0.1, 0.15) is 22.6 Å². The van der Waals surface area contributed by atoms with Crippen molar-refractivity contribution in [2.75, 3.05) is 0 Å². The third-order valence-electron chi connectivity index (χ3n) is 2.91. The summed E-state index contributed by atoms with van der Waals surface area (Å²) in [6, 6.07) is 4.99. The van der Waals surface area contributed by atoms with E-state index in [4.69, 9.17) is 5.26 Å². The van der Waals surface area contributed by atoms with Gasteiger partial charge in [-0.05, 0) is 19.9 Å². The van der Waals surface area contributed by atoms with E-state index < -0.39 is 23.6 Å². The molecule has 2 atom stereocenters. The molecule has 0 saturated heterocycles. The van der Waals surface area contributed by atoms with Crippen molar-refractivity contribution in [2.24, 2.45) is 4.99 Å². The van der Waals surface area contributed by atoms with E-state index in [1.807, 2.05) is 12.3 Å². The number of halogens is 2. The van der Waals surface area contributed by atoms with Gasteiger partial charge in [-0.25, -0.2) is 13.8 Å². The molecule has 0 amide bonds. The summed E-state index contributed by atoms with van der Waals surface area (Å²) >= 11 is 1.39. The summed E-state index contributed by atoms with van der Waals surface area (Å²) in [4.78, 5) is 8.44. The smallest absolute Gasteiger partial charge is 0.133 e. The minimum Gasteiger partial charge on any atom is -0.288 e. The highest BCUT2D eigenvalue weighted by Gasteiger charge is 2.14. The number of nitrogens with zero attached hydrogens (tertiary/aromatic N) is 3.